The van der Waals surface area contributed by atoms with E-state index in [-0.39, 0.29) is 0 Å². The van der Waals surface area contributed by atoms with Crippen molar-refractivity contribution in [3.8, 4) is 11.3 Å². The van der Waals surface area contributed by atoms with Crippen LogP contribution in [0.5, 0.6) is 0 Å². The van der Waals surface area contributed by atoms with E-state index in [4.69, 9.17) is 4.42 Å². The van der Waals surface area contributed by atoms with Crippen molar-refractivity contribution in [2.24, 2.45) is 0 Å². The summed E-state index contributed by atoms with van der Waals surface area (Å²) >= 11 is 0. The molecule has 0 aliphatic heterocycles. The monoisotopic (exact) mass is 187 g/mol. The molecule has 0 saturated carbocycles. The second-order valence-electron chi connectivity index (χ2n) is 3.32. The van der Waals surface area contributed by atoms with Crippen molar-refractivity contribution in [2.75, 3.05) is 0 Å². The molecule has 0 aliphatic rings. The highest BCUT2D eigenvalue weighted by Gasteiger charge is 2.05. The molecule has 0 radical (unpaired) electrons. The summed E-state index contributed by atoms with van der Waals surface area (Å²) in [5, 5.41) is 0. The number of oxazole rings is 1. The van der Waals surface area contributed by atoms with E-state index in [9.17, 15) is 0 Å². The normalized spacial score (nSPS) is 10.4. The topological polar surface area (TPSA) is 26.0 Å². The molecular weight excluding hydrogens is 174 g/mol. The molecule has 2 rings (SSSR count). The Kier molecular flexibility index (Phi) is 2.35. The molecule has 0 amide bonds. The van der Waals surface area contributed by atoms with E-state index in [0.29, 0.717) is 0 Å². The summed E-state index contributed by atoms with van der Waals surface area (Å²) in [5.41, 5.74) is 3.37. The molecule has 0 spiro atoms. The van der Waals surface area contributed by atoms with E-state index in [1.807, 2.05) is 6.92 Å². The maximum atomic E-state index is 5.31. The first-order valence-corrected chi connectivity index (χ1v) is 4.80. The number of aromatic nitrogens is 1. The van der Waals surface area contributed by atoms with Crippen LogP contribution >= 0.6 is 0 Å². The van der Waals surface area contributed by atoms with Crippen LogP contribution in [0.25, 0.3) is 11.3 Å². The number of hydrogen-bond acceptors (Lipinski definition) is 2. The molecule has 0 N–H and O–H groups in total. The van der Waals surface area contributed by atoms with Gasteiger partial charge in [-0.1, -0.05) is 31.2 Å². The van der Waals surface area contributed by atoms with E-state index < -0.39 is 0 Å². The first kappa shape index (κ1) is 9.00. The molecule has 0 atom stereocenters. The van der Waals surface area contributed by atoms with Crippen LogP contribution in [0.4, 0.5) is 0 Å². The van der Waals surface area contributed by atoms with Gasteiger partial charge in [-0.3, -0.25) is 0 Å². The third-order valence-corrected chi connectivity index (χ3v) is 2.37. The second kappa shape index (κ2) is 3.66. The zero-order valence-corrected chi connectivity index (χ0v) is 8.45. The van der Waals surface area contributed by atoms with Gasteiger partial charge in [-0.25, -0.2) is 4.98 Å². The van der Waals surface area contributed by atoms with Gasteiger partial charge < -0.3 is 4.42 Å². The summed E-state index contributed by atoms with van der Waals surface area (Å²) in [7, 11) is 0. The summed E-state index contributed by atoms with van der Waals surface area (Å²) in [4.78, 5) is 4.07. The Balaban J connectivity index is 2.39. The van der Waals surface area contributed by atoms with Crippen LogP contribution in [0.15, 0.2) is 35.1 Å². The average Bonchev–Trinajstić information content (AvgIpc) is 2.65. The van der Waals surface area contributed by atoms with Gasteiger partial charge in [0.25, 0.3) is 0 Å². The summed E-state index contributed by atoms with van der Waals surface area (Å²) in [6.07, 6.45) is 2.55. The average molecular weight is 187 g/mol. The minimum absolute atomic E-state index is 0.868. The Morgan fingerprint density at radius 2 is 1.93 bits per heavy atom. The van der Waals surface area contributed by atoms with Crippen molar-refractivity contribution in [3.05, 3.63) is 41.9 Å². The Morgan fingerprint density at radius 3 is 2.43 bits per heavy atom. The summed E-state index contributed by atoms with van der Waals surface area (Å²) in [5.74, 6) is 0.868. The van der Waals surface area contributed by atoms with Gasteiger partial charge in [0.2, 0.25) is 0 Å². The van der Waals surface area contributed by atoms with Gasteiger partial charge in [-0.2, -0.15) is 0 Å². The smallest absolute Gasteiger partial charge is 0.181 e. The van der Waals surface area contributed by atoms with E-state index in [1.54, 1.807) is 0 Å². The van der Waals surface area contributed by atoms with Crippen molar-refractivity contribution in [1.82, 2.24) is 4.98 Å². The number of nitrogens with zero attached hydrogens (tertiary/aromatic N) is 1. The molecule has 0 aliphatic carbocycles. The van der Waals surface area contributed by atoms with Crippen LogP contribution in [0.2, 0.25) is 0 Å². The largest absolute Gasteiger partial charge is 0.443 e. The number of aryl methyl sites for hydroxylation is 2. The van der Waals surface area contributed by atoms with Crippen LogP contribution in [0.3, 0.4) is 0 Å². The number of rotatable bonds is 2. The zero-order chi connectivity index (χ0) is 9.97. The molecule has 0 fully saturated rings. The quantitative estimate of drug-likeness (QED) is 0.721. The number of benzene rings is 1. The lowest BCUT2D eigenvalue weighted by molar-refractivity contribution is 0.571. The van der Waals surface area contributed by atoms with Crippen LogP contribution < -0.4 is 0 Å². The molecule has 1 aromatic carbocycles. The highest BCUT2D eigenvalue weighted by Crippen LogP contribution is 2.22. The molecule has 1 aromatic heterocycles. The summed E-state index contributed by atoms with van der Waals surface area (Å²) in [6, 6.07) is 8.40. The Bertz CT molecular complexity index is 414. The molecule has 1 heterocycles. The minimum Gasteiger partial charge on any atom is -0.443 e. The van der Waals surface area contributed by atoms with Gasteiger partial charge in [-0.15, -0.1) is 0 Å². The van der Waals surface area contributed by atoms with Crippen molar-refractivity contribution in [1.29, 1.82) is 0 Å². The van der Waals surface area contributed by atoms with Crippen LogP contribution in [-0.2, 0) is 6.42 Å². The summed E-state index contributed by atoms with van der Waals surface area (Å²) in [6.45, 7) is 4.10. The predicted octanol–water partition coefficient (Wildman–Crippen LogP) is 3.21. The Morgan fingerprint density at radius 1 is 1.21 bits per heavy atom. The lowest BCUT2D eigenvalue weighted by atomic mass is 10.1. The molecule has 0 unspecified atom stereocenters. The maximum absolute atomic E-state index is 5.31. The molecule has 0 bridgehead atoms. The molecular formula is C12H13NO. The molecule has 14 heavy (non-hydrogen) atoms. The first-order chi connectivity index (χ1) is 6.81. The minimum atomic E-state index is 0.868. The van der Waals surface area contributed by atoms with Crippen LogP contribution in [0, 0.1) is 6.92 Å². The Hall–Kier alpha value is -1.57. The van der Waals surface area contributed by atoms with Crippen molar-refractivity contribution in [2.45, 2.75) is 20.3 Å². The first-order valence-electron chi connectivity index (χ1n) is 4.80. The lowest BCUT2D eigenvalue weighted by Crippen LogP contribution is -1.81. The van der Waals surface area contributed by atoms with Crippen LogP contribution in [0.1, 0.15) is 18.2 Å². The fourth-order valence-corrected chi connectivity index (χ4v) is 1.47. The molecule has 2 aromatic rings. The van der Waals surface area contributed by atoms with Gasteiger partial charge in [0.1, 0.15) is 0 Å². The molecule has 2 nitrogen and oxygen atoms in total. The van der Waals surface area contributed by atoms with Gasteiger partial charge in [0.15, 0.2) is 12.2 Å². The van der Waals surface area contributed by atoms with Crippen LogP contribution in [-0.4, -0.2) is 4.98 Å². The SMILES string of the molecule is CCc1ccc(-c2ocnc2C)cc1. The van der Waals surface area contributed by atoms with Crippen molar-refractivity contribution >= 4 is 0 Å². The van der Waals surface area contributed by atoms with Gasteiger partial charge in [0.05, 0.1) is 5.69 Å². The second-order valence-corrected chi connectivity index (χ2v) is 3.32. The highest BCUT2D eigenvalue weighted by atomic mass is 16.3. The zero-order valence-electron chi connectivity index (χ0n) is 8.45. The third-order valence-electron chi connectivity index (χ3n) is 2.37. The lowest BCUT2D eigenvalue weighted by Gasteiger charge is -1.99. The van der Waals surface area contributed by atoms with E-state index in [2.05, 4.69) is 36.2 Å². The van der Waals surface area contributed by atoms with Crippen molar-refractivity contribution < 1.29 is 4.42 Å². The molecule has 2 heteroatoms. The Labute approximate surface area is 83.6 Å². The van der Waals surface area contributed by atoms with Crippen molar-refractivity contribution in [3.63, 3.8) is 0 Å². The summed E-state index contributed by atoms with van der Waals surface area (Å²) < 4.78 is 5.31. The highest BCUT2D eigenvalue weighted by molar-refractivity contribution is 5.59. The molecule has 0 saturated heterocycles. The van der Waals surface area contributed by atoms with Gasteiger partial charge in [0, 0.05) is 5.56 Å². The third kappa shape index (κ3) is 1.55. The predicted molar refractivity (Wildman–Crippen MR) is 56.1 cm³/mol. The fraction of sp³-hybridized carbons (Fsp3) is 0.250. The maximum Gasteiger partial charge on any atom is 0.181 e. The molecule has 72 valence electrons. The standard InChI is InChI=1S/C12H13NO/c1-3-10-4-6-11(7-5-10)12-9(2)13-8-14-12/h4-8H,3H2,1-2H3. The van der Waals surface area contributed by atoms with E-state index >= 15 is 0 Å². The van der Waals surface area contributed by atoms with E-state index in [0.717, 1.165) is 23.4 Å². The fourth-order valence-electron chi connectivity index (χ4n) is 1.47. The van der Waals surface area contributed by atoms with Gasteiger partial charge in [-0.05, 0) is 18.9 Å². The number of hydrogen-bond donors (Lipinski definition) is 0. The van der Waals surface area contributed by atoms with Gasteiger partial charge >= 0.3 is 0 Å². The van der Waals surface area contributed by atoms with E-state index in [1.165, 1.54) is 12.0 Å².